The molecule has 0 unspecified atom stereocenters. The molecule has 1 heterocycles. The maximum absolute atomic E-state index is 6.19. The number of hydrogen-bond donors (Lipinski definition) is 2. The number of anilines is 2. The number of thiocarbonyl (C=S) groups is 1. The number of halogens is 1. The Morgan fingerprint density at radius 3 is 2.65 bits per heavy atom. The number of hydrogen-bond acceptors (Lipinski definition) is 4. The van der Waals surface area contributed by atoms with Gasteiger partial charge in [0, 0.05) is 5.69 Å². The summed E-state index contributed by atoms with van der Waals surface area (Å²) >= 11 is 12.6. The molecule has 1 aromatic heterocycles. The van der Waals surface area contributed by atoms with E-state index < -0.39 is 0 Å². The van der Waals surface area contributed by atoms with E-state index in [1.807, 2.05) is 36.4 Å². The first-order valence-electron chi connectivity index (χ1n) is 5.78. The van der Waals surface area contributed by atoms with Crippen molar-refractivity contribution in [3.63, 3.8) is 0 Å². The van der Waals surface area contributed by atoms with Gasteiger partial charge < -0.3 is 10.6 Å². The van der Waals surface area contributed by atoms with Crippen LogP contribution in [0, 0.1) is 0 Å². The number of para-hydroxylation sites is 1. The zero-order chi connectivity index (χ0) is 13.9. The van der Waals surface area contributed by atoms with Crippen molar-refractivity contribution in [1.29, 1.82) is 0 Å². The van der Waals surface area contributed by atoms with Gasteiger partial charge in [-0.1, -0.05) is 29.8 Å². The Balaban J connectivity index is 1.84. The van der Waals surface area contributed by atoms with E-state index in [9.17, 15) is 0 Å². The molecule has 0 radical (unpaired) electrons. The Hall–Kier alpha value is -1.76. The fourth-order valence-electron chi connectivity index (χ4n) is 1.74. The normalized spacial score (nSPS) is 10.4. The monoisotopic (exact) mass is 320 g/mol. The Morgan fingerprint density at radius 2 is 1.85 bits per heavy atom. The quantitative estimate of drug-likeness (QED) is 0.695. The van der Waals surface area contributed by atoms with Crippen molar-refractivity contribution in [2.24, 2.45) is 0 Å². The molecule has 2 aromatic carbocycles. The molecule has 0 fully saturated rings. The Labute approximate surface area is 130 Å². The summed E-state index contributed by atoms with van der Waals surface area (Å²) in [5, 5.41) is 7.19. The van der Waals surface area contributed by atoms with Crippen LogP contribution in [0.1, 0.15) is 0 Å². The topological polar surface area (TPSA) is 49.8 Å². The molecule has 0 saturated carbocycles. The lowest BCUT2D eigenvalue weighted by molar-refractivity contribution is 1.58. The fraction of sp³-hybridized carbons (Fsp3) is 0. The van der Waals surface area contributed by atoms with Gasteiger partial charge in [-0.2, -0.15) is 8.75 Å². The highest BCUT2D eigenvalue weighted by Crippen LogP contribution is 2.30. The predicted molar refractivity (Wildman–Crippen MR) is 88.7 cm³/mol. The standard InChI is InChI=1S/C13H9ClN4S2/c14-9-6-7-10-12(18-20-17-10)11(9)16-13(19)15-8-4-2-1-3-5-8/h1-7H,(H2,15,16,19). The van der Waals surface area contributed by atoms with E-state index in [0.29, 0.717) is 15.8 Å². The third-order valence-electron chi connectivity index (χ3n) is 2.65. The van der Waals surface area contributed by atoms with Crippen molar-refractivity contribution >= 4 is 63.1 Å². The minimum atomic E-state index is 0.457. The van der Waals surface area contributed by atoms with Crippen molar-refractivity contribution in [2.75, 3.05) is 10.6 Å². The molecule has 3 aromatic rings. The average Bonchev–Trinajstić information content (AvgIpc) is 2.92. The zero-order valence-electron chi connectivity index (χ0n) is 10.1. The SMILES string of the molecule is S=C(Nc1ccccc1)Nc1c(Cl)ccc2nsnc12. The van der Waals surface area contributed by atoms with Gasteiger partial charge >= 0.3 is 0 Å². The van der Waals surface area contributed by atoms with Gasteiger partial charge in [0.2, 0.25) is 0 Å². The van der Waals surface area contributed by atoms with Crippen LogP contribution in [0.15, 0.2) is 42.5 Å². The van der Waals surface area contributed by atoms with Crippen molar-refractivity contribution in [2.45, 2.75) is 0 Å². The summed E-state index contributed by atoms with van der Waals surface area (Å²) in [6.45, 7) is 0. The smallest absolute Gasteiger partial charge is 0.175 e. The minimum Gasteiger partial charge on any atom is -0.332 e. The van der Waals surface area contributed by atoms with E-state index in [4.69, 9.17) is 23.8 Å². The highest BCUT2D eigenvalue weighted by molar-refractivity contribution is 7.80. The fourth-order valence-corrected chi connectivity index (χ4v) is 2.71. The summed E-state index contributed by atoms with van der Waals surface area (Å²) in [5.41, 5.74) is 3.10. The van der Waals surface area contributed by atoms with Crippen LogP contribution in [0.2, 0.25) is 5.02 Å². The first-order valence-corrected chi connectivity index (χ1v) is 7.29. The highest BCUT2D eigenvalue weighted by atomic mass is 35.5. The number of benzene rings is 2. The second-order valence-electron chi connectivity index (χ2n) is 4.00. The van der Waals surface area contributed by atoms with E-state index in [2.05, 4.69) is 19.4 Å². The van der Waals surface area contributed by atoms with E-state index in [0.717, 1.165) is 28.4 Å². The largest absolute Gasteiger partial charge is 0.332 e. The van der Waals surface area contributed by atoms with Gasteiger partial charge in [0.1, 0.15) is 11.0 Å². The molecule has 0 aliphatic heterocycles. The molecule has 0 atom stereocenters. The summed E-state index contributed by atoms with van der Waals surface area (Å²) in [7, 11) is 0. The molecule has 0 aliphatic rings. The summed E-state index contributed by atoms with van der Waals surface area (Å²) in [5.74, 6) is 0. The molecule has 2 N–H and O–H groups in total. The molecule has 0 aliphatic carbocycles. The van der Waals surface area contributed by atoms with Crippen molar-refractivity contribution in [3.8, 4) is 0 Å². The molecule has 7 heteroatoms. The predicted octanol–water partition coefficient (Wildman–Crippen LogP) is 4.15. The molecular formula is C13H9ClN4S2. The maximum Gasteiger partial charge on any atom is 0.175 e. The van der Waals surface area contributed by atoms with Gasteiger partial charge in [-0.3, -0.25) is 0 Å². The highest BCUT2D eigenvalue weighted by Gasteiger charge is 2.11. The second kappa shape index (κ2) is 5.70. The van der Waals surface area contributed by atoms with Crippen LogP contribution in [0.5, 0.6) is 0 Å². The van der Waals surface area contributed by atoms with E-state index >= 15 is 0 Å². The summed E-state index contributed by atoms with van der Waals surface area (Å²) < 4.78 is 8.42. The molecule has 0 bridgehead atoms. The van der Waals surface area contributed by atoms with Crippen LogP contribution in [-0.2, 0) is 0 Å². The average molecular weight is 321 g/mol. The molecule has 0 saturated heterocycles. The Kier molecular flexibility index (Phi) is 3.77. The van der Waals surface area contributed by atoms with Gasteiger partial charge in [-0.25, -0.2) is 0 Å². The Bertz CT molecular complexity index is 757. The lowest BCUT2D eigenvalue weighted by Gasteiger charge is -2.11. The minimum absolute atomic E-state index is 0.457. The number of fused-ring (bicyclic) bond motifs is 1. The van der Waals surface area contributed by atoms with Crippen LogP contribution in [0.25, 0.3) is 11.0 Å². The van der Waals surface area contributed by atoms with Crippen molar-refractivity contribution in [1.82, 2.24) is 8.75 Å². The van der Waals surface area contributed by atoms with E-state index in [1.165, 1.54) is 0 Å². The molecular weight excluding hydrogens is 312 g/mol. The summed E-state index contributed by atoms with van der Waals surface area (Å²) in [6.07, 6.45) is 0. The van der Waals surface area contributed by atoms with Gasteiger partial charge in [-0.05, 0) is 36.5 Å². The van der Waals surface area contributed by atoms with Crippen LogP contribution in [0.3, 0.4) is 0 Å². The lowest BCUT2D eigenvalue weighted by atomic mass is 10.2. The van der Waals surface area contributed by atoms with E-state index in [-0.39, 0.29) is 0 Å². The maximum atomic E-state index is 6.19. The van der Waals surface area contributed by atoms with Crippen LogP contribution >= 0.6 is 35.5 Å². The summed E-state index contributed by atoms with van der Waals surface area (Å²) in [4.78, 5) is 0. The Morgan fingerprint density at radius 1 is 1.05 bits per heavy atom. The van der Waals surface area contributed by atoms with E-state index in [1.54, 1.807) is 6.07 Å². The van der Waals surface area contributed by atoms with Gasteiger partial charge in [0.05, 0.1) is 22.4 Å². The number of rotatable bonds is 2. The molecule has 20 heavy (non-hydrogen) atoms. The van der Waals surface area contributed by atoms with Crippen molar-refractivity contribution in [3.05, 3.63) is 47.5 Å². The third kappa shape index (κ3) is 2.72. The first-order chi connectivity index (χ1) is 9.74. The molecule has 4 nitrogen and oxygen atoms in total. The van der Waals surface area contributed by atoms with Gasteiger partial charge in [0.25, 0.3) is 0 Å². The zero-order valence-corrected chi connectivity index (χ0v) is 12.5. The van der Waals surface area contributed by atoms with Gasteiger partial charge in [0.15, 0.2) is 5.11 Å². The third-order valence-corrected chi connectivity index (χ3v) is 3.71. The molecule has 0 amide bonds. The van der Waals surface area contributed by atoms with Crippen molar-refractivity contribution < 1.29 is 0 Å². The first kappa shape index (κ1) is 13.2. The number of aromatic nitrogens is 2. The second-order valence-corrected chi connectivity index (χ2v) is 5.34. The van der Waals surface area contributed by atoms with Crippen LogP contribution in [-0.4, -0.2) is 13.9 Å². The molecule has 3 rings (SSSR count). The van der Waals surface area contributed by atoms with Crippen LogP contribution < -0.4 is 10.6 Å². The number of nitrogens with zero attached hydrogens (tertiary/aromatic N) is 2. The molecule has 100 valence electrons. The van der Waals surface area contributed by atoms with Crippen LogP contribution in [0.4, 0.5) is 11.4 Å². The molecule has 0 spiro atoms. The number of nitrogens with one attached hydrogen (secondary N) is 2. The van der Waals surface area contributed by atoms with Gasteiger partial charge in [-0.15, -0.1) is 0 Å². The summed E-state index contributed by atoms with van der Waals surface area (Å²) in [6, 6.07) is 13.3. The lowest BCUT2D eigenvalue weighted by Crippen LogP contribution is -2.19.